The lowest BCUT2D eigenvalue weighted by Gasteiger charge is -2.41. The van der Waals surface area contributed by atoms with E-state index in [1.807, 2.05) is 0 Å². The van der Waals surface area contributed by atoms with Crippen molar-refractivity contribution in [2.45, 2.75) is 46.2 Å². The van der Waals surface area contributed by atoms with Crippen molar-refractivity contribution in [3.8, 4) is 0 Å². The molecule has 0 amide bonds. The first-order valence-corrected chi connectivity index (χ1v) is 7.85. The van der Waals surface area contributed by atoms with E-state index < -0.39 is 0 Å². The zero-order valence-corrected chi connectivity index (χ0v) is 12.1. The van der Waals surface area contributed by atoms with Gasteiger partial charge < -0.3 is 5.32 Å². The lowest BCUT2D eigenvalue weighted by molar-refractivity contribution is 0.103. The van der Waals surface area contributed by atoms with Gasteiger partial charge >= 0.3 is 0 Å². The van der Waals surface area contributed by atoms with Crippen LogP contribution in [0.2, 0.25) is 0 Å². The van der Waals surface area contributed by atoms with Crippen molar-refractivity contribution in [2.75, 3.05) is 31.1 Å². The second-order valence-electron chi connectivity index (χ2n) is 5.17. The van der Waals surface area contributed by atoms with E-state index in [9.17, 15) is 0 Å². The minimum Gasteiger partial charge on any atom is -0.311 e. The second-order valence-corrected chi connectivity index (χ2v) is 6.56. The van der Waals surface area contributed by atoms with Crippen molar-refractivity contribution < 1.29 is 0 Å². The molecule has 0 aromatic rings. The predicted molar refractivity (Wildman–Crippen MR) is 75.3 cm³/mol. The minimum atomic E-state index is 0.661. The first-order chi connectivity index (χ1) is 7.65. The highest BCUT2D eigenvalue weighted by Crippen LogP contribution is 2.16. The van der Waals surface area contributed by atoms with Gasteiger partial charge in [0.25, 0.3) is 0 Å². The summed E-state index contributed by atoms with van der Waals surface area (Å²) in [5.41, 5.74) is 0. The summed E-state index contributed by atoms with van der Waals surface area (Å²) in [5, 5.41) is 3.60. The Bertz CT molecular complexity index is 185. The molecule has 2 atom stereocenters. The first-order valence-electron chi connectivity index (χ1n) is 6.70. The Morgan fingerprint density at radius 2 is 2.19 bits per heavy atom. The zero-order valence-electron chi connectivity index (χ0n) is 11.3. The molecule has 2 nitrogen and oxygen atoms in total. The molecule has 16 heavy (non-hydrogen) atoms. The van der Waals surface area contributed by atoms with Crippen LogP contribution in [0.3, 0.4) is 0 Å². The summed E-state index contributed by atoms with van der Waals surface area (Å²) in [6.07, 6.45) is 1.34. The molecule has 0 saturated carbocycles. The van der Waals surface area contributed by atoms with Crippen LogP contribution in [0.15, 0.2) is 0 Å². The predicted octanol–water partition coefficient (Wildman–Crippen LogP) is 2.45. The van der Waals surface area contributed by atoms with Crippen LogP contribution in [0.4, 0.5) is 0 Å². The van der Waals surface area contributed by atoms with Gasteiger partial charge in [-0.2, -0.15) is 11.8 Å². The van der Waals surface area contributed by atoms with Gasteiger partial charge in [-0.15, -0.1) is 0 Å². The molecule has 0 aromatic carbocycles. The summed E-state index contributed by atoms with van der Waals surface area (Å²) in [7, 11) is 0. The SMILES string of the molecule is CCSCCCN1CC(C)NCC1C(C)C. The standard InChI is InChI=1S/C13H28N2S/c1-5-16-8-6-7-15-10-12(4)14-9-13(15)11(2)3/h11-14H,5-10H2,1-4H3. The van der Waals surface area contributed by atoms with E-state index in [4.69, 9.17) is 0 Å². The van der Waals surface area contributed by atoms with Gasteiger partial charge in [-0.1, -0.05) is 20.8 Å². The monoisotopic (exact) mass is 244 g/mol. The van der Waals surface area contributed by atoms with Gasteiger partial charge in [0.05, 0.1) is 0 Å². The molecule has 96 valence electrons. The van der Waals surface area contributed by atoms with Gasteiger partial charge in [0.1, 0.15) is 0 Å². The van der Waals surface area contributed by atoms with Gasteiger partial charge in [-0.05, 0) is 37.3 Å². The Balaban J connectivity index is 2.33. The van der Waals surface area contributed by atoms with Crippen LogP contribution in [0.5, 0.6) is 0 Å². The van der Waals surface area contributed by atoms with E-state index in [1.165, 1.54) is 37.6 Å². The topological polar surface area (TPSA) is 15.3 Å². The van der Waals surface area contributed by atoms with Crippen molar-refractivity contribution in [2.24, 2.45) is 5.92 Å². The fourth-order valence-corrected chi connectivity index (χ4v) is 3.05. The van der Waals surface area contributed by atoms with Gasteiger partial charge in [-0.25, -0.2) is 0 Å². The minimum absolute atomic E-state index is 0.661. The molecule has 0 spiro atoms. The van der Waals surface area contributed by atoms with Crippen molar-refractivity contribution in [3.63, 3.8) is 0 Å². The second kappa shape index (κ2) is 7.57. The fraction of sp³-hybridized carbons (Fsp3) is 1.00. The molecule has 0 aromatic heterocycles. The summed E-state index contributed by atoms with van der Waals surface area (Å²) in [6, 6.07) is 1.40. The maximum Gasteiger partial charge on any atom is 0.0244 e. The number of thioether (sulfide) groups is 1. The Morgan fingerprint density at radius 3 is 2.81 bits per heavy atom. The van der Waals surface area contributed by atoms with Gasteiger partial charge in [0.15, 0.2) is 0 Å². The van der Waals surface area contributed by atoms with E-state index in [-0.39, 0.29) is 0 Å². The number of hydrogen-bond acceptors (Lipinski definition) is 3. The molecule has 0 aliphatic carbocycles. The highest BCUT2D eigenvalue weighted by molar-refractivity contribution is 7.99. The summed E-state index contributed by atoms with van der Waals surface area (Å²) < 4.78 is 0. The molecular weight excluding hydrogens is 216 g/mol. The molecule has 1 aliphatic rings. The maximum atomic E-state index is 3.60. The molecule has 2 unspecified atom stereocenters. The Kier molecular flexibility index (Phi) is 6.78. The summed E-state index contributed by atoms with van der Waals surface area (Å²) >= 11 is 2.06. The molecule has 0 bridgehead atoms. The third-order valence-corrected chi connectivity index (χ3v) is 4.35. The number of hydrogen-bond donors (Lipinski definition) is 1. The lowest BCUT2D eigenvalue weighted by atomic mass is 9.98. The van der Waals surface area contributed by atoms with Crippen LogP contribution in [-0.2, 0) is 0 Å². The highest BCUT2D eigenvalue weighted by Gasteiger charge is 2.27. The largest absolute Gasteiger partial charge is 0.311 e. The molecule has 1 aliphatic heterocycles. The number of nitrogens with zero attached hydrogens (tertiary/aromatic N) is 1. The average Bonchev–Trinajstić information content (AvgIpc) is 2.24. The molecule has 1 fully saturated rings. The van der Waals surface area contributed by atoms with E-state index in [1.54, 1.807) is 0 Å². The van der Waals surface area contributed by atoms with E-state index in [2.05, 4.69) is 49.7 Å². The van der Waals surface area contributed by atoms with Crippen molar-refractivity contribution >= 4 is 11.8 Å². The smallest absolute Gasteiger partial charge is 0.0244 e. The molecule has 1 N–H and O–H groups in total. The van der Waals surface area contributed by atoms with E-state index in [0.29, 0.717) is 6.04 Å². The van der Waals surface area contributed by atoms with Crippen LogP contribution >= 0.6 is 11.8 Å². The van der Waals surface area contributed by atoms with Gasteiger partial charge in [0.2, 0.25) is 0 Å². The summed E-state index contributed by atoms with van der Waals surface area (Å²) in [4.78, 5) is 2.70. The van der Waals surface area contributed by atoms with Crippen molar-refractivity contribution in [1.82, 2.24) is 10.2 Å². The fourth-order valence-electron chi connectivity index (χ4n) is 2.43. The Labute approximate surface area is 106 Å². The molecule has 0 radical (unpaired) electrons. The summed E-state index contributed by atoms with van der Waals surface area (Å²) in [5.74, 6) is 3.34. The molecule has 1 rings (SSSR count). The third-order valence-electron chi connectivity index (χ3n) is 3.36. The molecule has 1 saturated heterocycles. The quantitative estimate of drug-likeness (QED) is 0.723. The van der Waals surface area contributed by atoms with E-state index in [0.717, 1.165) is 12.0 Å². The Morgan fingerprint density at radius 1 is 1.44 bits per heavy atom. The molecule has 3 heteroatoms. The van der Waals surface area contributed by atoms with Crippen molar-refractivity contribution in [3.05, 3.63) is 0 Å². The molecular formula is C13H28N2S. The Hall–Kier alpha value is 0.270. The summed E-state index contributed by atoms with van der Waals surface area (Å²) in [6.45, 7) is 12.9. The first kappa shape index (κ1) is 14.3. The van der Waals surface area contributed by atoms with Crippen LogP contribution in [0.25, 0.3) is 0 Å². The van der Waals surface area contributed by atoms with Crippen LogP contribution in [0, 0.1) is 5.92 Å². The van der Waals surface area contributed by atoms with Crippen LogP contribution in [0.1, 0.15) is 34.1 Å². The number of nitrogens with one attached hydrogen (secondary N) is 1. The van der Waals surface area contributed by atoms with E-state index >= 15 is 0 Å². The normalized spacial score (nSPS) is 27.6. The number of piperazine rings is 1. The van der Waals surface area contributed by atoms with Gasteiger partial charge in [-0.3, -0.25) is 4.90 Å². The van der Waals surface area contributed by atoms with Gasteiger partial charge in [0, 0.05) is 25.2 Å². The zero-order chi connectivity index (χ0) is 12.0. The lowest BCUT2D eigenvalue weighted by Crippen LogP contribution is -2.57. The highest BCUT2D eigenvalue weighted by atomic mass is 32.2. The average molecular weight is 244 g/mol. The molecule has 1 heterocycles. The van der Waals surface area contributed by atoms with Crippen molar-refractivity contribution in [1.29, 1.82) is 0 Å². The van der Waals surface area contributed by atoms with Crippen LogP contribution < -0.4 is 5.32 Å². The number of rotatable bonds is 6. The van der Waals surface area contributed by atoms with Crippen LogP contribution in [-0.4, -0.2) is 48.1 Å². The third kappa shape index (κ3) is 4.64. The maximum absolute atomic E-state index is 3.60.